The number of hydrogen-bond donors (Lipinski definition) is 1. The summed E-state index contributed by atoms with van der Waals surface area (Å²) >= 11 is 0. The summed E-state index contributed by atoms with van der Waals surface area (Å²) < 4.78 is 7.93. The van der Waals surface area contributed by atoms with E-state index in [4.69, 9.17) is 9.72 Å². The maximum atomic E-state index is 12.5. The minimum Gasteiger partial charge on any atom is -0.492 e. The summed E-state index contributed by atoms with van der Waals surface area (Å²) in [6.07, 6.45) is 1.45. The molecule has 0 radical (unpaired) electrons. The summed E-state index contributed by atoms with van der Waals surface area (Å²) in [5.74, 6) is 1.83. The van der Waals surface area contributed by atoms with Crippen molar-refractivity contribution in [3.63, 3.8) is 0 Å². The van der Waals surface area contributed by atoms with Crippen LogP contribution < -0.4 is 10.1 Å². The van der Waals surface area contributed by atoms with Crippen LogP contribution in [0.15, 0.2) is 48.5 Å². The van der Waals surface area contributed by atoms with Crippen molar-refractivity contribution >= 4 is 16.9 Å². The molecule has 1 aliphatic rings. The third-order valence-corrected chi connectivity index (χ3v) is 4.95. The lowest BCUT2D eigenvalue weighted by atomic mass is 9.96. The molecule has 3 aromatic rings. The average molecular weight is 349 g/mol. The van der Waals surface area contributed by atoms with Crippen LogP contribution in [0, 0.1) is 5.92 Å². The molecule has 2 heterocycles. The first kappa shape index (κ1) is 16.6. The fourth-order valence-electron chi connectivity index (χ4n) is 3.61. The van der Waals surface area contributed by atoms with Gasteiger partial charge >= 0.3 is 0 Å². The Bertz CT molecular complexity index is 932. The molecule has 134 valence electrons. The van der Waals surface area contributed by atoms with Gasteiger partial charge in [0, 0.05) is 19.5 Å². The monoisotopic (exact) mass is 349 g/mol. The number of aromatic nitrogens is 2. The molecule has 1 atom stereocenters. The van der Waals surface area contributed by atoms with E-state index in [-0.39, 0.29) is 11.8 Å². The van der Waals surface area contributed by atoms with Crippen LogP contribution in [-0.2, 0) is 24.2 Å². The molecular formula is C21H23N3O2. The molecule has 4 rings (SSSR count). The van der Waals surface area contributed by atoms with Crippen LogP contribution in [-0.4, -0.2) is 28.6 Å². The Hall–Kier alpha value is -2.82. The molecule has 0 spiro atoms. The molecule has 1 aliphatic heterocycles. The van der Waals surface area contributed by atoms with Crippen molar-refractivity contribution in [1.82, 2.24) is 14.9 Å². The molecule has 0 saturated heterocycles. The number of para-hydroxylation sites is 3. The first-order chi connectivity index (χ1) is 12.8. The van der Waals surface area contributed by atoms with Crippen LogP contribution >= 0.6 is 0 Å². The maximum Gasteiger partial charge on any atom is 0.226 e. The molecule has 26 heavy (non-hydrogen) atoms. The van der Waals surface area contributed by atoms with Gasteiger partial charge in [0.15, 0.2) is 0 Å². The number of nitrogens with zero attached hydrogens (tertiary/aromatic N) is 2. The van der Waals surface area contributed by atoms with Gasteiger partial charge in [-0.3, -0.25) is 4.79 Å². The van der Waals surface area contributed by atoms with E-state index < -0.39 is 0 Å². The van der Waals surface area contributed by atoms with Crippen molar-refractivity contribution in [2.24, 2.45) is 5.92 Å². The van der Waals surface area contributed by atoms with E-state index >= 15 is 0 Å². The van der Waals surface area contributed by atoms with E-state index in [2.05, 4.69) is 22.9 Å². The molecule has 0 unspecified atom stereocenters. The Morgan fingerprint density at radius 3 is 2.92 bits per heavy atom. The number of hydrogen-bond acceptors (Lipinski definition) is 3. The molecule has 0 aliphatic carbocycles. The Kier molecular flexibility index (Phi) is 4.61. The highest BCUT2D eigenvalue weighted by Crippen LogP contribution is 2.26. The van der Waals surface area contributed by atoms with Crippen molar-refractivity contribution in [2.45, 2.75) is 26.3 Å². The number of ether oxygens (including phenoxy) is 1. The third-order valence-electron chi connectivity index (χ3n) is 4.95. The molecule has 1 amide bonds. The fraction of sp³-hybridized carbons (Fsp3) is 0.333. The van der Waals surface area contributed by atoms with Crippen molar-refractivity contribution in [1.29, 1.82) is 0 Å². The predicted molar refractivity (Wildman–Crippen MR) is 101 cm³/mol. The largest absolute Gasteiger partial charge is 0.492 e. The number of fused-ring (bicyclic) bond motifs is 2. The molecule has 5 heteroatoms. The topological polar surface area (TPSA) is 56.2 Å². The highest BCUT2D eigenvalue weighted by Gasteiger charge is 2.25. The van der Waals surface area contributed by atoms with E-state index in [9.17, 15) is 4.79 Å². The first-order valence-electron chi connectivity index (χ1n) is 9.19. The zero-order chi connectivity index (χ0) is 17.9. The number of nitrogens with one attached hydrogen (secondary N) is 1. The summed E-state index contributed by atoms with van der Waals surface area (Å²) in [4.78, 5) is 17.2. The standard InChI is InChI=1S/C21H23N3O2/c1-2-24-18-9-5-4-8-17(18)23-20(24)11-12-22-21(25)16-13-15-7-3-6-10-19(15)26-14-16/h3-10,16H,2,11-14H2,1H3,(H,22,25)/t16-/m1/s1. The van der Waals surface area contributed by atoms with E-state index in [1.807, 2.05) is 42.5 Å². The lowest BCUT2D eigenvalue weighted by Crippen LogP contribution is -2.38. The number of amides is 1. The smallest absolute Gasteiger partial charge is 0.226 e. The number of aryl methyl sites for hydroxylation is 1. The average Bonchev–Trinajstić information content (AvgIpc) is 3.04. The van der Waals surface area contributed by atoms with Gasteiger partial charge in [0.1, 0.15) is 18.2 Å². The SMILES string of the molecule is CCn1c(CCNC(=O)[C@H]2COc3ccccc3C2)nc2ccccc21. The molecule has 5 nitrogen and oxygen atoms in total. The fourth-order valence-corrected chi connectivity index (χ4v) is 3.61. The van der Waals surface area contributed by atoms with Crippen molar-refractivity contribution in [3.8, 4) is 5.75 Å². The van der Waals surface area contributed by atoms with E-state index in [0.29, 0.717) is 13.2 Å². The van der Waals surface area contributed by atoms with Crippen LogP contribution in [0.5, 0.6) is 5.75 Å². The lowest BCUT2D eigenvalue weighted by Gasteiger charge is -2.24. The molecule has 2 aromatic carbocycles. The predicted octanol–water partition coefficient (Wildman–Crippen LogP) is 2.97. The second-order valence-corrected chi connectivity index (χ2v) is 6.62. The van der Waals surface area contributed by atoms with Gasteiger partial charge in [-0.1, -0.05) is 30.3 Å². The van der Waals surface area contributed by atoms with E-state index in [0.717, 1.165) is 47.6 Å². The summed E-state index contributed by atoms with van der Waals surface area (Å²) in [7, 11) is 0. The van der Waals surface area contributed by atoms with Crippen LogP contribution in [0.25, 0.3) is 11.0 Å². The van der Waals surface area contributed by atoms with Crippen molar-refractivity contribution < 1.29 is 9.53 Å². The zero-order valence-corrected chi connectivity index (χ0v) is 14.9. The van der Waals surface area contributed by atoms with Gasteiger partial charge in [0.05, 0.1) is 17.0 Å². The number of carbonyl (C=O) groups is 1. The summed E-state index contributed by atoms with van der Waals surface area (Å²) in [5, 5.41) is 3.06. The summed E-state index contributed by atoms with van der Waals surface area (Å²) in [6.45, 7) is 4.01. The van der Waals surface area contributed by atoms with Crippen LogP contribution in [0.2, 0.25) is 0 Å². The number of benzene rings is 2. The van der Waals surface area contributed by atoms with Gasteiger partial charge in [0.25, 0.3) is 0 Å². The second kappa shape index (κ2) is 7.20. The molecule has 0 fully saturated rings. The van der Waals surface area contributed by atoms with E-state index in [1.165, 1.54) is 0 Å². The minimum absolute atomic E-state index is 0.0543. The van der Waals surface area contributed by atoms with Crippen LogP contribution in [0.4, 0.5) is 0 Å². The van der Waals surface area contributed by atoms with Gasteiger partial charge in [0.2, 0.25) is 5.91 Å². The quantitative estimate of drug-likeness (QED) is 0.770. The molecule has 0 bridgehead atoms. The van der Waals surface area contributed by atoms with Gasteiger partial charge in [-0.05, 0) is 37.1 Å². The number of imidazole rings is 1. The number of rotatable bonds is 5. The minimum atomic E-state index is -0.130. The number of carbonyl (C=O) groups excluding carboxylic acids is 1. The molecule has 0 saturated carbocycles. The molecular weight excluding hydrogens is 326 g/mol. The maximum absolute atomic E-state index is 12.5. The van der Waals surface area contributed by atoms with Gasteiger partial charge in [-0.2, -0.15) is 0 Å². The van der Waals surface area contributed by atoms with E-state index in [1.54, 1.807) is 0 Å². The highest BCUT2D eigenvalue weighted by atomic mass is 16.5. The Labute approximate surface area is 153 Å². The first-order valence-corrected chi connectivity index (χ1v) is 9.19. The highest BCUT2D eigenvalue weighted by molar-refractivity contribution is 5.79. The van der Waals surface area contributed by atoms with Crippen LogP contribution in [0.3, 0.4) is 0 Å². The second-order valence-electron chi connectivity index (χ2n) is 6.62. The molecule has 1 N–H and O–H groups in total. The normalized spacial score (nSPS) is 16.1. The molecule has 1 aromatic heterocycles. The van der Waals surface area contributed by atoms with Gasteiger partial charge in [-0.15, -0.1) is 0 Å². The Balaban J connectivity index is 1.37. The summed E-state index contributed by atoms with van der Waals surface area (Å²) in [6, 6.07) is 16.1. The van der Waals surface area contributed by atoms with Crippen LogP contribution in [0.1, 0.15) is 18.3 Å². The Morgan fingerprint density at radius 1 is 1.23 bits per heavy atom. The van der Waals surface area contributed by atoms with Crippen molar-refractivity contribution in [3.05, 3.63) is 59.9 Å². The Morgan fingerprint density at radius 2 is 2.04 bits per heavy atom. The summed E-state index contributed by atoms with van der Waals surface area (Å²) in [5.41, 5.74) is 3.26. The van der Waals surface area contributed by atoms with Gasteiger partial charge < -0.3 is 14.6 Å². The van der Waals surface area contributed by atoms with Crippen molar-refractivity contribution in [2.75, 3.05) is 13.2 Å². The lowest BCUT2D eigenvalue weighted by molar-refractivity contribution is -0.126. The zero-order valence-electron chi connectivity index (χ0n) is 14.9. The third kappa shape index (κ3) is 3.17. The van der Waals surface area contributed by atoms with Gasteiger partial charge in [-0.25, -0.2) is 4.98 Å².